The highest BCUT2D eigenvalue weighted by Crippen LogP contribution is 2.33. The Balaban J connectivity index is 1.91. The first-order valence-corrected chi connectivity index (χ1v) is 8.52. The zero-order valence-corrected chi connectivity index (χ0v) is 14.0. The molecule has 1 heterocycles. The van der Waals surface area contributed by atoms with E-state index in [1.807, 2.05) is 0 Å². The Bertz CT molecular complexity index is 602. The molecule has 0 aliphatic carbocycles. The predicted molar refractivity (Wildman–Crippen MR) is 93.0 cm³/mol. The van der Waals surface area contributed by atoms with Crippen LogP contribution >= 0.6 is 0 Å². The molecule has 1 saturated heterocycles. The molecule has 3 rings (SSSR count). The lowest BCUT2D eigenvalue weighted by molar-refractivity contribution is -0.0441. The van der Waals surface area contributed by atoms with Crippen LogP contribution in [0.4, 0.5) is 0 Å². The maximum Gasteiger partial charge on any atom is 0.177 e. The smallest absolute Gasteiger partial charge is 0.177 e. The Morgan fingerprint density at radius 1 is 1.00 bits per heavy atom. The van der Waals surface area contributed by atoms with Gasteiger partial charge in [0.15, 0.2) is 6.29 Å². The molecule has 0 spiro atoms. The van der Waals surface area contributed by atoms with E-state index in [1.165, 1.54) is 23.5 Å². The van der Waals surface area contributed by atoms with Crippen molar-refractivity contribution >= 4 is 0 Å². The second-order valence-electron chi connectivity index (χ2n) is 6.26. The number of hydrogen-bond acceptors (Lipinski definition) is 2. The Labute approximate surface area is 139 Å². The summed E-state index contributed by atoms with van der Waals surface area (Å²) in [6, 6.07) is 19.3. The normalized spacial score (nSPS) is 16.4. The van der Waals surface area contributed by atoms with Crippen LogP contribution in [0.3, 0.4) is 0 Å². The highest BCUT2D eigenvalue weighted by atomic mass is 16.7. The summed E-state index contributed by atoms with van der Waals surface area (Å²) in [7, 11) is 0. The molecule has 0 saturated carbocycles. The van der Waals surface area contributed by atoms with Crippen LogP contribution < -0.4 is 0 Å². The quantitative estimate of drug-likeness (QED) is 0.688. The third-order valence-corrected chi connectivity index (χ3v) is 4.50. The predicted octanol–water partition coefficient (Wildman–Crippen LogP) is 5.14. The summed E-state index contributed by atoms with van der Waals surface area (Å²) in [6.45, 7) is 5.92. The summed E-state index contributed by atoms with van der Waals surface area (Å²) >= 11 is 0. The molecule has 1 fully saturated rings. The van der Waals surface area contributed by atoms with Gasteiger partial charge in [0.2, 0.25) is 0 Å². The van der Waals surface area contributed by atoms with Crippen LogP contribution in [-0.2, 0) is 9.47 Å². The molecule has 0 aromatic heterocycles. The first-order valence-electron chi connectivity index (χ1n) is 8.52. The lowest BCUT2D eigenvalue weighted by Crippen LogP contribution is -2.09. The fourth-order valence-corrected chi connectivity index (χ4v) is 2.96. The molecule has 1 aliphatic rings. The van der Waals surface area contributed by atoms with Gasteiger partial charge in [-0.15, -0.1) is 41.3 Å². The molecule has 2 aromatic rings. The molecular weight excluding hydrogens is 284 g/mol. The van der Waals surface area contributed by atoms with E-state index in [1.54, 1.807) is 0 Å². The third-order valence-electron chi connectivity index (χ3n) is 4.50. The largest absolute Gasteiger partial charge is 0.347 e. The van der Waals surface area contributed by atoms with Gasteiger partial charge in [0.25, 0.3) is 0 Å². The van der Waals surface area contributed by atoms with Gasteiger partial charge in [0.05, 0.1) is 13.2 Å². The highest BCUT2D eigenvalue weighted by Gasteiger charge is 2.18. The van der Waals surface area contributed by atoms with Crippen LogP contribution in [-0.4, -0.2) is 13.2 Å². The van der Waals surface area contributed by atoms with Crippen LogP contribution in [0.1, 0.15) is 49.7 Å². The summed E-state index contributed by atoms with van der Waals surface area (Å²) < 4.78 is 11.3. The van der Waals surface area contributed by atoms with E-state index in [2.05, 4.69) is 68.4 Å². The molecule has 2 nitrogen and oxygen atoms in total. The van der Waals surface area contributed by atoms with Gasteiger partial charge in [0.1, 0.15) is 0 Å². The van der Waals surface area contributed by atoms with Gasteiger partial charge in [-0.1, -0.05) is 57.0 Å². The minimum Gasteiger partial charge on any atom is -0.347 e. The average Bonchev–Trinajstić information content (AvgIpc) is 3.15. The van der Waals surface area contributed by atoms with Gasteiger partial charge in [-0.2, -0.15) is 0 Å². The molecule has 122 valence electrons. The third kappa shape index (κ3) is 3.95. The summed E-state index contributed by atoms with van der Waals surface area (Å²) in [5, 5.41) is 0. The summed E-state index contributed by atoms with van der Waals surface area (Å²) in [5.41, 5.74) is 3.68. The molecule has 0 bridgehead atoms. The summed E-state index contributed by atoms with van der Waals surface area (Å²) in [6.07, 6.45) is 2.05. The zero-order valence-electron chi connectivity index (χ0n) is 14.0. The van der Waals surface area contributed by atoms with Crippen molar-refractivity contribution in [3.63, 3.8) is 0 Å². The van der Waals surface area contributed by atoms with E-state index in [0.29, 0.717) is 19.1 Å². The Morgan fingerprint density at radius 2 is 1.70 bits per heavy atom. The number of rotatable bonds is 6. The van der Waals surface area contributed by atoms with Crippen molar-refractivity contribution < 1.29 is 9.47 Å². The lowest BCUT2D eigenvalue weighted by Gasteiger charge is -2.28. The number of ether oxygens (including phenoxy) is 2. The standard InChI is InChI=1S/C21H25O2/c1-3-16(2)14-20(17-8-5-4-6-9-17)18-10-7-11-19(15-18)21-22-12-13-23-21/h4-11,15-16,21H,3,12-14H2,1-2H3/q-1. The van der Waals surface area contributed by atoms with Crippen molar-refractivity contribution in [2.75, 3.05) is 13.2 Å². The fraction of sp³-hybridized carbons (Fsp3) is 0.381. The Hall–Kier alpha value is -1.77. The van der Waals surface area contributed by atoms with Crippen molar-refractivity contribution in [3.05, 3.63) is 77.2 Å². The van der Waals surface area contributed by atoms with E-state index in [-0.39, 0.29) is 6.29 Å². The fourth-order valence-electron chi connectivity index (χ4n) is 2.96. The summed E-state index contributed by atoms with van der Waals surface area (Å²) in [4.78, 5) is 0. The monoisotopic (exact) mass is 309 g/mol. The lowest BCUT2D eigenvalue weighted by atomic mass is 9.83. The van der Waals surface area contributed by atoms with E-state index in [0.717, 1.165) is 12.0 Å². The highest BCUT2D eigenvalue weighted by molar-refractivity contribution is 5.47. The van der Waals surface area contributed by atoms with Crippen LogP contribution in [0.2, 0.25) is 0 Å². The number of benzene rings is 2. The molecule has 0 N–H and O–H groups in total. The summed E-state index contributed by atoms with van der Waals surface area (Å²) in [5.74, 6) is 2.06. The molecule has 2 aromatic carbocycles. The van der Waals surface area contributed by atoms with Gasteiger partial charge >= 0.3 is 0 Å². The second-order valence-corrected chi connectivity index (χ2v) is 6.26. The molecule has 0 radical (unpaired) electrons. The van der Waals surface area contributed by atoms with Gasteiger partial charge in [0, 0.05) is 0 Å². The molecule has 23 heavy (non-hydrogen) atoms. The SMILES string of the molecule is CCC(C)C[C-](c1ccccc1)c1cccc(C2OCCO2)c1. The van der Waals surface area contributed by atoms with Crippen molar-refractivity contribution in [2.45, 2.75) is 33.0 Å². The van der Waals surface area contributed by atoms with Crippen LogP contribution in [0.15, 0.2) is 54.6 Å². The maximum atomic E-state index is 5.65. The van der Waals surface area contributed by atoms with Crippen molar-refractivity contribution in [2.24, 2.45) is 5.92 Å². The van der Waals surface area contributed by atoms with E-state index >= 15 is 0 Å². The van der Waals surface area contributed by atoms with Crippen molar-refractivity contribution in [1.29, 1.82) is 0 Å². The van der Waals surface area contributed by atoms with E-state index in [9.17, 15) is 0 Å². The topological polar surface area (TPSA) is 18.5 Å². The van der Waals surface area contributed by atoms with E-state index in [4.69, 9.17) is 9.47 Å². The minimum absolute atomic E-state index is 0.212. The molecule has 1 unspecified atom stereocenters. The average molecular weight is 309 g/mol. The van der Waals surface area contributed by atoms with Gasteiger partial charge in [-0.25, -0.2) is 0 Å². The zero-order chi connectivity index (χ0) is 16.1. The Morgan fingerprint density at radius 3 is 2.39 bits per heavy atom. The minimum atomic E-state index is -0.212. The van der Waals surface area contributed by atoms with Crippen LogP contribution in [0.5, 0.6) is 0 Å². The molecule has 2 heteroatoms. The molecular formula is C21H25O2-. The van der Waals surface area contributed by atoms with E-state index < -0.39 is 0 Å². The first kappa shape index (κ1) is 16.1. The second kappa shape index (κ2) is 7.67. The van der Waals surface area contributed by atoms with Gasteiger partial charge in [-0.05, 0) is 11.5 Å². The van der Waals surface area contributed by atoms with Gasteiger partial charge < -0.3 is 9.47 Å². The molecule has 1 aliphatic heterocycles. The van der Waals surface area contributed by atoms with Crippen molar-refractivity contribution in [1.82, 2.24) is 0 Å². The van der Waals surface area contributed by atoms with Gasteiger partial charge in [-0.3, -0.25) is 0 Å². The van der Waals surface area contributed by atoms with Crippen LogP contribution in [0, 0.1) is 11.8 Å². The number of hydrogen-bond donors (Lipinski definition) is 0. The first-order chi connectivity index (χ1) is 11.3. The van der Waals surface area contributed by atoms with Crippen molar-refractivity contribution in [3.8, 4) is 0 Å². The van der Waals surface area contributed by atoms with Crippen LogP contribution in [0.25, 0.3) is 0 Å². The molecule has 1 atom stereocenters. The Kier molecular flexibility index (Phi) is 5.37. The molecule has 0 amide bonds. The maximum absolute atomic E-state index is 5.65.